The first-order chi connectivity index (χ1) is 11.9. The van der Waals surface area contributed by atoms with E-state index in [1.54, 1.807) is 37.4 Å². The number of nitrogens with zero attached hydrogens (tertiary/aromatic N) is 1. The van der Waals surface area contributed by atoms with Gasteiger partial charge in [0.1, 0.15) is 5.65 Å². The van der Waals surface area contributed by atoms with E-state index in [0.29, 0.717) is 11.3 Å². The number of H-pyrrole nitrogens is 1. The van der Waals surface area contributed by atoms with Gasteiger partial charge in [-0.2, -0.15) is 0 Å². The summed E-state index contributed by atoms with van der Waals surface area (Å²) in [4.78, 5) is 7.55. The molecule has 7 nitrogen and oxygen atoms in total. The first-order valence-corrected chi connectivity index (χ1v) is 9.36. The molecule has 0 saturated heterocycles. The lowest BCUT2D eigenvalue weighted by atomic mass is 10.0. The molecule has 25 heavy (non-hydrogen) atoms. The van der Waals surface area contributed by atoms with Crippen molar-refractivity contribution in [3.63, 3.8) is 0 Å². The number of aromatic nitrogens is 2. The highest BCUT2D eigenvalue weighted by Crippen LogP contribution is 2.30. The number of hydrogen-bond acceptors (Lipinski definition) is 5. The molecule has 3 aromatic rings. The summed E-state index contributed by atoms with van der Waals surface area (Å²) in [6.45, 7) is 2.12. The summed E-state index contributed by atoms with van der Waals surface area (Å²) in [6, 6.07) is 10.3. The van der Waals surface area contributed by atoms with Gasteiger partial charge >= 0.3 is 0 Å². The van der Waals surface area contributed by atoms with E-state index in [-0.39, 0.29) is 18.0 Å². The first-order valence-electron chi connectivity index (χ1n) is 7.88. The first kappa shape index (κ1) is 17.6. The number of aliphatic hydroxyl groups excluding tert-OH is 1. The van der Waals surface area contributed by atoms with Crippen LogP contribution < -0.4 is 10.5 Å². The summed E-state index contributed by atoms with van der Waals surface area (Å²) in [5.41, 5.74) is 8.46. The minimum atomic E-state index is -3.55. The molecule has 0 aliphatic heterocycles. The molecule has 0 aliphatic carbocycles. The second kappa shape index (κ2) is 6.93. The predicted octanol–water partition coefficient (Wildman–Crippen LogP) is 1.52. The zero-order valence-corrected chi connectivity index (χ0v) is 14.5. The fourth-order valence-corrected chi connectivity index (χ4v) is 3.66. The van der Waals surface area contributed by atoms with Gasteiger partial charge in [-0.25, -0.2) is 18.1 Å². The Morgan fingerprint density at radius 1 is 1.28 bits per heavy atom. The van der Waals surface area contributed by atoms with Crippen LogP contribution in [0.5, 0.6) is 0 Å². The van der Waals surface area contributed by atoms with Gasteiger partial charge in [0.25, 0.3) is 0 Å². The molecule has 1 unspecified atom stereocenters. The van der Waals surface area contributed by atoms with Crippen LogP contribution in [0.25, 0.3) is 22.2 Å². The molecular weight excluding hydrogens is 340 g/mol. The van der Waals surface area contributed by atoms with E-state index in [0.717, 1.165) is 16.5 Å². The van der Waals surface area contributed by atoms with Gasteiger partial charge in [0.2, 0.25) is 10.0 Å². The third-order valence-electron chi connectivity index (χ3n) is 3.91. The molecule has 2 aromatic heterocycles. The Hall–Kier alpha value is -2.26. The van der Waals surface area contributed by atoms with Gasteiger partial charge in [0.05, 0.1) is 11.0 Å². The molecule has 0 fully saturated rings. The van der Waals surface area contributed by atoms with Gasteiger partial charge in [-0.3, -0.25) is 0 Å². The van der Waals surface area contributed by atoms with Crippen LogP contribution in [0.1, 0.15) is 18.7 Å². The Kier molecular flexibility index (Phi) is 4.87. The van der Waals surface area contributed by atoms with E-state index >= 15 is 0 Å². The van der Waals surface area contributed by atoms with Crippen LogP contribution in [0.15, 0.2) is 47.5 Å². The number of pyridine rings is 1. The molecule has 1 aromatic carbocycles. The van der Waals surface area contributed by atoms with Crippen LogP contribution in [0, 0.1) is 0 Å². The molecular formula is C17H20N4O3S. The summed E-state index contributed by atoms with van der Waals surface area (Å²) in [7, 11) is -3.55. The average Bonchev–Trinajstić information content (AvgIpc) is 3.05. The molecule has 0 radical (unpaired) electrons. The molecule has 0 aliphatic rings. The van der Waals surface area contributed by atoms with Crippen molar-refractivity contribution in [3.8, 4) is 11.1 Å². The number of nitrogens with two attached hydrogens (primary N) is 1. The molecule has 0 amide bonds. The fraction of sp³-hybridized carbons (Fsp3) is 0.235. The second-order valence-corrected chi connectivity index (χ2v) is 7.50. The second-order valence-electron chi connectivity index (χ2n) is 5.73. The highest BCUT2D eigenvalue weighted by molar-refractivity contribution is 7.89. The Morgan fingerprint density at radius 3 is 2.64 bits per heavy atom. The number of benzene rings is 1. The average molecular weight is 360 g/mol. The Bertz CT molecular complexity index is 979. The molecule has 1 atom stereocenters. The maximum atomic E-state index is 12.1. The lowest BCUT2D eigenvalue weighted by molar-refractivity contribution is 0.195. The van der Waals surface area contributed by atoms with Crippen molar-refractivity contribution in [2.45, 2.75) is 17.9 Å². The molecule has 2 heterocycles. The number of nitrogens with one attached hydrogen (secondary N) is 2. The van der Waals surface area contributed by atoms with E-state index in [2.05, 4.69) is 14.7 Å². The topological polar surface area (TPSA) is 121 Å². The Morgan fingerprint density at radius 2 is 2.00 bits per heavy atom. The van der Waals surface area contributed by atoms with Crippen molar-refractivity contribution >= 4 is 21.1 Å². The van der Waals surface area contributed by atoms with E-state index in [9.17, 15) is 13.5 Å². The fourth-order valence-electron chi connectivity index (χ4n) is 2.61. The largest absolute Gasteiger partial charge is 0.387 e. The summed E-state index contributed by atoms with van der Waals surface area (Å²) in [5.74, 6) is 0. The van der Waals surface area contributed by atoms with Gasteiger partial charge in [0.15, 0.2) is 0 Å². The van der Waals surface area contributed by atoms with E-state index in [1.165, 1.54) is 0 Å². The Balaban J connectivity index is 1.99. The minimum Gasteiger partial charge on any atom is -0.387 e. The maximum Gasteiger partial charge on any atom is 0.240 e. The number of fused-ring (bicyclic) bond motifs is 1. The molecule has 5 N–H and O–H groups in total. The van der Waals surface area contributed by atoms with Gasteiger partial charge in [0, 0.05) is 30.4 Å². The normalized spacial score (nSPS) is 13.2. The quantitative estimate of drug-likeness (QED) is 0.531. The number of sulfonamides is 1. The standard InChI is InChI=1S/C17H20N4O3S/c1-11(22)16-10-15-14(6-8-19-17(15)21-16)12-2-4-13(5-3-12)25(23,24)20-9-7-18/h2-6,8,10-11,20,22H,7,9,18H2,1H3,(H,19,21). The van der Waals surface area contributed by atoms with Crippen LogP contribution in [0.4, 0.5) is 0 Å². The number of aromatic amines is 1. The zero-order valence-electron chi connectivity index (χ0n) is 13.7. The van der Waals surface area contributed by atoms with Crippen LogP contribution in [0.2, 0.25) is 0 Å². The highest BCUT2D eigenvalue weighted by Gasteiger charge is 2.14. The van der Waals surface area contributed by atoms with Crippen LogP contribution in [0.3, 0.4) is 0 Å². The van der Waals surface area contributed by atoms with Crippen molar-refractivity contribution < 1.29 is 13.5 Å². The summed E-state index contributed by atoms with van der Waals surface area (Å²) >= 11 is 0. The van der Waals surface area contributed by atoms with E-state index in [4.69, 9.17) is 5.73 Å². The van der Waals surface area contributed by atoms with Crippen molar-refractivity contribution in [1.29, 1.82) is 0 Å². The van der Waals surface area contributed by atoms with Gasteiger partial charge in [-0.1, -0.05) is 12.1 Å². The summed E-state index contributed by atoms with van der Waals surface area (Å²) in [5, 5.41) is 10.6. The van der Waals surface area contributed by atoms with Crippen LogP contribution >= 0.6 is 0 Å². The van der Waals surface area contributed by atoms with Gasteiger partial charge in [-0.05, 0) is 42.3 Å². The van der Waals surface area contributed by atoms with Crippen molar-refractivity contribution in [2.24, 2.45) is 5.73 Å². The van der Waals surface area contributed by atoms with Crippen LogP contribution in [-0.2, 0) is 10.0 Å². The third kappa shape index (κ3) is 3.57. The maximum absolute atomic E-state index is 12.1. The SMILES string of the molecule is CC(O)c1cc2c(-c3ccc(S(=O)(=O)NCCN)cc3)ccnc2[nH]1. The predicted molar refractivity (Wildman–Crippen MR) is 96.4 cm³/mol. The molecule has 3 rings (SSSR count). The van der Waals surface area contributed by atoms with Crippen molar-refractivity contribution in [2.75, 3.05) is 13.1 Å². The molecule has 0 saturated carbocycles. The van der Waals surface area contributed by atoms with Crippen molar-refractivity contribution in [3.05, 3.63) is 48.3 Å². The highest BCUT2D eigenvalue weighted by atomic mass is 32.2. The van der Waals surface area contributed by atoms with Gasteiger partial charge < -0.3 is 15.8 Å². The molecule has 0 bridgehead atoms. The van der Waals surface area contributed by atoms with Crippen LogP contribution in [-0.4, -0.2) is 36.6 Å². The summed E-state index contributed by atoms with van der Waals surface area (Å²) < 4.78 is 26.7. The minimum absolute atomic E-state index is 0.189. The van der Waals surface area contributed by atoms with E-state index < -0.39 is 16.1 Å². The molecule has 8 heteroatoms. The van der Waals surface area contributed by atoms with Gasteiger partial charge in [-0.15, -0.1) is 0 Å². The monoisotopic (exact) mass is 360 g/mol. The number of rotatable bonds is 6. The lowest BCUT2D eigenvalue weighted by Gasteiger charge is -2.07. The van der Waals surface area contributed by atoms with E-state index in [1.807, 2.05) is 12.1 Å². The zero-order chi connectivity index (χ0) is 18.0. The smallest absolute Gasteiger partial charge is 0.240 e. The van der Waals surface area contributed by atoms with Crippen molar-refractivity contribution in [1.82, 2.24) is 14.7 Å². The summed E-state index contributed by atoms with van der Waals surface area (Å²) in [6.07, 6.45) is 1.05. The third-order valence-corrected chi connectivity index (χ3v) is 5.39. The Labute approximate surface area is 146 Å². The molecule has 132 valence electrons. The number of hydrogen-bond donors (Lipinski definition) is 4. The number of aliphatic hydroxyl groups is 1. The molecule has 0 spiro atoms. The lowest BCUT2D eigenvalue weighted by Crippen LogP contribution is -2.29.